The van der Waals surface area contributed by atoms with Crippen LogP contribution in [0, 0.1) is 6.92 Å². The summed E-state index contributed by atoms with van der Waals surface area (Å²) < 4.78 is 0. The van der Waals surface area contributed by atoms with Gasteiger partial charge >= 0.3 is 0 Å². The zero-order chi connectivity index (χ0) is 40.9. The molecule has 2 atom stereocenters. The summed E-state index contributed by atoms with van der Waals surface area (Å²) in [7, 11) is 0. The van der Waals surface area contributed by atoms with Gasteiger partial charge in [0, 0.05) is 40.3 Å². The van der Waals surface area contributed by atoms with Gasteiger partial charge in [-0.15, -0.1) is 0 Å². The molecule has 2 unspecified atom stereocenters. The van der Waals surface area contributed by atoms with Crippen molar-refractivity contribution in [1.29, 1.82) is 0 Å². The van der Waals surface area contributed by atoms with Gasteiger partial charge in [-0.1, -0.05) is 169 Å². The molecule has 0 N–H and O–H groups in total. The molecule has 0 bridgehead atoms. The van der Waals surface area contributed by atoms with E-state index in [4.69, 9.17) is 0 Å². The first kappa shape index (κ1) is 36.9. The lowest BCUT2D eigenvalue weighted by molar-refractivity contribution is 0.711. The zero-order valence-electron chi connectivity index (χ0n) is 34.8. The first-order valence-corrected chi connectivity index (χ1v) is 21.7. The molecule has 0 saturated heterocycles. The third-order valence-corrected chi connectivity index (χ3v) is 13.4. The highest BCUT2D eigenvalue weighted by molar-refractivity contribution is 5.90. The molecule has 1 heterocycles. The van der Waals surface area contributed by atoms with E-state index in [0.717, 1.165) is 19.4 Å². The molecular formula is C59H48N2. The Morgan fingerprint density at radius 2 is 1.33 bits per heavy atom. The lowest BCUT2D eigenvalue weighted by atomic mass is 9.74. The van der Waals surface area contributed by atoms with Gasteiger partial charge in [0.15, 0.2) is 0 Å². The second kappa shape index (κ2) is 15.1. The summed E-state index contributed by atoms with van der Waals surface area (Å²) in [5.74, 6) is 0. The highest BCUT2D eigenvalue weighted by Crippen LogP contribution is 2.54. The predicted octanol–water partition coefficient (Wildman–Crippen LogP) is 14.9. The quantitative estimate of drug-likeness (QED) is 0.159. The van der Waals surface area contributed by atoms with E-state index in [0.29, 0.717) is 0 Å². The average molecular weight is 785 g/mol. The Balaban J connectivity index is 0.994. The topological polar surface area (TPSA) is 6.48 Å². The number of nitrogens with zero attached hydrogens (tertiary/aromatic N) is 2. The Bertz CT molecular complexity index is 2960. The standard InChI is InChI=1S/C59H48N2/c1-41-22-29-47(30-23-41)59(2)56-21-13-12-20-53(56)54-36-35-51(39-57(54)59)61(49-31-24-43(25-32-49)42-14-6-5-7-15-42)50-33-26-44(27-34-50)45-28-37-58-55(38-45)52-19-11-10-16-46(52)40-60(58)48-17-8-3-4-9-18-48/h3,5-31,33-39,49H,4,32,40H2,1-2H3. The molecule has 3 aliphatic carbocycles. The monoisotopic (exact) mass is 784 g/mol. The Morgan fingerprint density at radius 3 is 2.15 bits per heavy atom. The van der Waals surface area contributed by atoms with Crippen LogP contribution in [0.1, 0.15) is 53.1 Å². The van der Waals surface area contributed by atoms with E-state index >= 15 is 0 Å². The zero-order valence-corrected chi connectivity index (χ0v) is 34.8. The highest BCUT2D eigenvalue weighted by atomic mass is 15.2. The fourth-order valence-corrected chi connectivity index (χ4v) is 10.1. The SMILES string of the molecule is Cc1ccc(C2(C)c3ccccc3-c3ccc(N(c4ccc(-c5ccc6c(c5)-c5ccccc5CN6C5=CC=CCC=C5)cc4)C4C=CC(c5ccccc5)=CC4)cc32)cc1. The number of hydrogen-bond donors (Lipinski definition) is 0. The van der Waals surface area contributed by atoms with Crippen molar-refractivity contribution in [3.63, 3.8) is 0 Å². The van der Waals surface area contributed by atoms with Crippen LogP contribution in [0.5, 0.6) is 0 Å². The minimum absolute atomic E-state index is 0.138. The van der Waals surface area contributed by atoms with Crippen molar-refractivity contribution in [1.82, 2.24) is 0 Å². The van der Waals surface area contributed by atoms with Crippen LogP contribution in [-0.2, 0) is 12.0 Å². The van der Waals surface area contributed by atoms with Crippen LogP contribution in [0.25, 0.3) is 39.0 Å². The van der Waals surface area contributed by atoms with Gasteiger partial charge in [-0.2, -0.15) is 0 Å². The van der Waals surface area contributed by atoms with Gasteiger partial charge in [-0.25, -0.2) is 0 Å². The molecule has 1 aliphatic heterocycles. The molecule has 0 aromatic heterocycles. The van der Waals surface area contributed by atoms with Crippen LogP contribution in [0.2, 0.25) is 0 Å². The van der Waals surface area contributed by atoms with Crippen molar-refractivity contribution in [2.75, 3.05) is 9.80 Å². The average Bonchev–Trinajstić information content (AvgIpc) is 3.44. The second-order valence-corrected chi connectivity index (χ2v) is 17.0. The van der Waals surface area contributed by atoms with Crippen LogP contribution in [0.3, 0.4) is 0 Å². The van der Waals surface area contributed by atoms with Gasteiger partial charge in [0.2, 0.25) is 0 Å². The fraction of sp³-hybridized carbons (Fsp3) is 0.119. The van der Waals surface area contributed by atoms with Crippen molar-refractivity contribution >= 4 is 22.6 Å². The van der Waals surface area contributed by atoms with Gasteiger partial charge in [0.1, 0.15) is 0 Å². The first-order chi connectivity index (χ1) is 30.0. The maximum atomic E-state index is 2.56. The van der Waals surface area contributed by atoms with Crippen molar-refractivity contribution < 1.29 is 0 Å². The van der Waals surface area contributed by atoms with Gasteiger partial charge in [0.05, 0.1) is 6.04 Å². The van der Waals surface area contributed by atoms with Gasteiger partial charge in [-0.05, 0) is 136 Å². The van der Waals surface area contributed by atoms with Crippen LogP contribution >= 0.6 is 0 Å². The summed E-state index contributed by atoms with van der Waals surface area (Å²) in [5.41, 5.74) is 21.4. The van der Waals surface area contributed by atoms with Crippen molar-refractivity contribution in [3.8, 4) is 33.4 Å². The highest BCUT2D eigenvalue weighted by Gasteiger charge is 2.41. The van der Waals surface area contributed by atoms with Crippen molar-refractivity contribution in [3.05, 3.63) is 251 Å². The smallest absolute Gasteiger partial charge is 0.0560 e. The lowest BCUT2D eigenvalue weighted by Gasteiger charge is -2.35. The van der Waals surface area contributed by atoms with E-state index < -0.39 is 0 Å². The van der Waals surface area contributed by atoms with E-state index in [9.17, 15) is 0 Å². The summed E-state index contributed by atoms with van der Waals surface area (Å²) in [6, 6.07) is 61.4. The molecule has 7 aromatic carbocycles. The molecule has 61 heavy (non-hydrogen) atoms. The molecule has 0 spiro atoms. The van der Waals surface area contributed by atoms with E-state index in [2.05, 4.69) is 236 Å². The van der Waals surface area contributed by atoms with Crippen LogP contribution in [-0.4, -0.2) is 6.04 Å². The third kappa shape index (κ3) is 6.42. The minimum atomic E-state index is -0.283. The van der Waals surface area contributed by atoms with E-state index in [-0.39, 0.29) is 11.5 Å². The molecule has 2 heteroatoms. The third-order valence-electron chi connectivity index (χ3n) is 13.4. The summed E-state index contributed by atoms with van der Waals surface area (Å²) >= 11 is 0. The molecule has 7 aromatic rings. The maximum absolute atomic E-state index is 2.56. The van der Waals surface area contributed by atoms with Crippen LogP contribution < -0.4 is 9.80 Å². The van der Waals surface area contributed by atoms with Gasteiger partial charge < -0.3 is 9.80 Å². The molecular weight excluding hydrogens is 737 g/mol. The van der Waals surface area contributed by atoms with Crippen LogP contribution in [0.4, 0.5) is 17.1 Å². The molecule has 0 saturated carbocycles. The molecule has 11 rings (SSSR count). The summed E-state index contributed by atoms with van der Waals surface area (Å²) in [5, 5.41) is 0. The molecule has 2 nitrogen and oxygen atoms in total. The largest absolute Gasteiger partial charge is 0.336 e. The van der Waals surface area contributed by atoms with E-state index in [1.807, 2.05) is 0 Å². The van der Waals surface area contributed by atoms with Crippen LogP contribution in [0.15, 0.2) is 218 Å². The number of fused-ring (bicyclic) bond motifs is 6. The molecule has 4 aliphatic rings. The first-order valence-electron chi connectivity index (χ1n) is 21.7. The number of benzene rings is 7. The lowest BCUT2D eigenvalue weighted by Crippen LogP contribution is -2.30. The van der Waals surface area contributed by atoms with Gasteiger partial charge in [-0.3, -0.25) is 0 Å². The number of anilines is 3. The maximum Gasteiger partial charge on any atom is 0.0560 e. The summed E-state index contributed by atoms with van der Waals surface area (Å²) in [4.78, 5) is 5.02. The fourth-order valence-electron chi connectivity index (χ4n) is 10.1. The number of aryl methyl sites for hydroxylation is 1. The second-order valence-electron chi connectivity index (χ2n) is 17.0. The molecule has 0 amide bonds. The Morgan fingerprint density at radius 1 is 0.590 bits per heavy atom. The Labute approximate surface area is 360 Å². The minimum Gasteiger partial charge on any atom is -0.336 e. The van der Waals surface area contributed by atoms with E-state index in [1.165, 1.54) is 95.1 Å². The normalized spacial score (nSPS) is 18.3. The molecule has 0 fully saturated rings. The van der Waals surface area contributed by atoms with E-state index in [1.54, 1.807) is 0 Å². The summed E-state index contributed by atoms with van der Waals surface area (Å²) in [6.07, 6.45) is 20.1. The predicted molar refractivity (Wildman–Crippen MR) is 257 cm³/mol. The van der Waals surface area contributed by atoms with Crippen molar-refractivity contribution in [2.45, 2.75) is 44.7 Å². The van der Waals surface area contributed by atoms with Gasteiger partial charge in [0.25, 0.3) is 0 Å². The molecule has 0 radical (unpaired) electrons. The van der Waals surface area contributed by atoms with Crippen molar-refractivity contribution in [2.24, 2.45) is 0 Å². The Kier molecular flexibility index (Phi) is 9.16. The Hall–Kier alpha value is -7.16. The molecule has 294 valence electrons. The number of rotatable bonds is 7. The summed E-state index contributed by atoms with van der Waals surface area (Å²) in [6.45, 7) is 5.44. The number of allylic oxidation sites excluding steroid dienone is 7. The number of hydrogen-bond acceptors (Lipinski definition) is 2.